The fourth-order valence-corrected chi connectivity index (χ4v) is 2.44. The number of esters is 1. The molecule has 1 rings (SSSR count). The quantitative estimate of drug-likeness (QED) is 0.696. The summed E-state index contributed by atoms with van der Waals surface area (Å²) >= 11 is 0. The maximum atomic E-state index is 13.8. The van der Waals surface area contributed by atoms with E-state index in [0.717, 1.165) is 0 Å². The highest BCUT2D eigenvalue weighted by molar-refractivity contribution is 5.90. The third-order valence-corrected chi connectivity index (χ3v) is 3.59. The minimum atomic E-state index is -1.04. The average Bonchev–Trinajstić information content (AvgIpc) is 2.53. The lowest BCUT2D eigenvalue weighted by Gasteiger charge is -2.23. The lowest BCUT2D eigenvalue weighted by molar-refractivity contribution is -0.145. The van der Waals surface area contributed by atoms with Crippen molar-refractivity contribution in [2.24, 2.45) is 5.92 Å². The molecule has 0 saturated carbocycles. The molecule has 7 heteroatoms. The highest BCUT2D eigenvalue weighted by Crippen LogP contribution is 2.11. The summed E-state index contributed by atoms with van der Waals surface area (Å²) in [7, 11) is 1.20. The highest BCUT2D eigenvalue weighted by atomic mass is 19.1. The third kappa shape index (κ3) is 6.91. The van der Waals surface area contributed by atoms with Crippen LogP contribution in [0.1, 0.15) is 32.8 Å². The van der Waals surface area contributed by atoms with Crippen molar-refractivity contribution >= 4 is 17.8 Å². The van der Waals surface area contributed by atoms with Gasteiger partial charge in [0.05, 0.1) is 7.11 Å². The summed E-state index contributed by atoms with van der Waals surface area (Å²) in [6.07, 6.45) is 0.374. The van der Waals surface area contributed by atoms with Gasteiger partial charge in [0.15, 0.2) is 0 Å². The molecular formula is C18H25FN2O4. The molecule has 2 amide bonds. The van der Waals surface area contributed by atoms with Crippen LogP contribution in [0.5, 0.6) is 0 Å². The second-order valence-corrected chi connectivity index (χ2v) is 6.26. The smallest absolute Gasteiger partial charge is 0.328 e. The van der Waals surface area contributed by atoms with Gasteiger partial charge in [-0.3, -0.25) is 9.59 Å². The molecule has 2 atom stereocenters. The molecule has 1 aromatic rings. The number of benzene rings is 1. The number of methoxy groups -OCH3 is 1. The van der Waals surface area contributed by atoms with E-state index in [-0.39, 0.29) is 23.8 Å². The predicted molar refractivity (Wildman–Crippen MR) is 91.1 cm³/mol. The molecule has 0 heterocycles. The van der Waals surface area contributed by atoms with E-state index in [4.69, 9.17) is 4.74 Å². The van der Waals surface area contributed by atoms with Crippen LogP contribution >= 0.6 is 0 Å². The van der Waals surface area contributed by atoms with E-state index >= 15 is 0 Å². The second kappa shape index (κ2) is 9.76. The molecule has 25 heavy (non-hydrogen) atoms. The third-order valence-electron chi connectivity index (χ3n) is 3.59. The first-order chi connectivity index (χ1) is 11.7. The van der Waals surface area contributed by atoms with E-state index < -0.39 is 29.8 Å². The zero-order chi connectivity index (χ0) is 19.0. The number of hydrogen-bond acceptors (Lipinski definition) is 4. The Morgan fingerprint density at radius 2 is 1.76 bits per heavy atom. The summed E-state index contributed by atoms with van der Waals surface area (Å²) in [5.41, 5.74) is 0.290. The number of amides is 2. The van der Waals surface area contributed by atoms with Gasteiger partial charge in [0.1, 0.15) is 17.9 Å². The topological polar surface area (TPSA) is 84.5 Å². The fourth-order valence-electron chi connectivity index (χ4n) is 2.44. The summed E-state index contributed by atoms with van der Waals surface area (Å²) in [6.45, 7) is 5.15. The van der Waals surface area contributed by atoms with Crippen molar-refractivity contribution in [2.45, 2.75) is 45.7 Å². The largest absolute Gasteiger partial charge is 0.467 e. The Labute approximate surface area is 147 Å². The number of carbonyl (C=O) groups is 3. The minimum Gasteiger partial charge on any atom is -0.467 e. The zero-order valence-corrected chi connectivity index (χ0v) is 15.0. The molecule has 0 radical (unpaired) electrons. The average molecular weight is 352 g/mol. The van der Waals surface area contributed by atoms with Gasteiger partial charge < -0.3 is 15.4 Å². The molecule has 2 N–H and O–H groups in total. The Balaban J connectivity index is 2.92. The van der Waals surface area contributed by atoms with E-state index in [1.165, 1.54) is 26.2 Å². The van der Waals surface area contributed by atoms with Gasteiger partial charge in [-0.1, -0.05) is 32.0 Å². The van der Waals surface area contributed by atoms with Crippen molar-refractivity contribution in [1.82, 2.24) is 10.6 Å². The van der Waals surface area contributed by atoms with Crippen LogP contribution < -0.4 is 10.6 Å². The summed E-state index contributed by atoms with van der Waals surface area (Å²) in [6, 6.07) is 4.19. The summed E-state index contributed by atoms with van der Waals surface area (Å²) in [4.78, 5) is 35.8. The highest BCUT2D eigenvalue weighted by Gasteiger charge is 2.28. The molecule has 0 aromatic heterocycles. The van der Waals surface area contributed by atoms with E-state index in [1.54, 1.807) is 12.1 Å². The van der Waals surface area contributed by atoms with Gasteiger partial charge in [-0.05, 0) is 24.0 Å². The molecule has 0 unspecified atom stereocenters. The molecule has 0 spiro atoms. The van der Waals surface area contributed by atoms with Crippen LogP contribution in [0.4, 0.5) is 4.39 Å². The molecule has 1 aromatic carbocycles. The molecule has 0 saturated heterocycles. The minimum absolute atomic E-state index is 0.0421. The first-order valence-electron chi connectivity index (χ1n) is 8.13. The van der Waals surface area contributed by atoms with E-state index in [9.17, 15) is 18.8 Å². The molecule has 0 aliphatic heterocycles. The lowest BCUT2D eigenvalue weighted by atomic mass is 10.0. The van der Waals surface area contributed by atoms with Crippen molar-refractivity contribution in [3.8, 4) is 0 Å². The van der Waals surface area contributed by atoms with Crippen molar-refractivity contribution < 1.29 is 23.5 Å². The normalized spacial score (nSPS) is 13.0. The van der Waals surface area contributed by atoms with Gasteiger partial charge in [0.25, 0.3) is 0 Å². The maximum absolute atomic E-state index is 13.8. The molecule has 0 aliphatic rings. The maximum Gasteiger partial charge on any atom is 0.328 e. The number of nitrogens with one attached hydrogen (secondary N) is 2. The first kappa shape index (κ1) is 20.6. The lowest BCUT2D eigenvalue weighted by Crippen LogP contribution is -2.52. The van der Waals surface area contributed by atoms with E-state index in [1.807, 2.05) is 13.8 Å². The van der Waals surface area contributed by atoms with Crippen LogP contribution in [-0.2, 0) is 25.5 Å². The molecule has 0 bridgehead atoms. The first-order valence-corrected chi connectivity index (χ1v) is 8.13. The van der Waals surface area contributed by atoms with Gasteiger partial charge in [0, 0.05) is 13.3 Å². The Kier molecular flexibility index (Phi) is 8.04. The van der Waals surface area contributed by atoms with Crippen LogP contribution in [0.2, 0.25) is 0 Å². The van der Waals surface area contributed by atoms with Gasteiger partial charge in [-0.15, -0.1) is 0 Å². The number of carbonyl (C=O) groups excluding carboxylic acids is 3. The van der Waals surface area contributed by atoms with E-state index in [0.29, 0.717) is 6.42 Å². The number of hydrogen-bond donors (Lipinski definition) is 2. The molecule has 0 aliphatic carbocycles. The fraction of sp³-hybridized carbons (Fsp3) is 0.500. The predicted octanol–water partition coefficient (Wildman–Crippen LogP) is 1.58. The Morgan fingerprint density at radius 3 is 2.28 bits per heavy atom. The SMILES string of the molecule is COC(=O)[C@H](Cc1ccccc1F)NC(=O)[C@H](CC(C)C)NC(C)=O. The monoisotopic (exact) mass is 352 g/mol. The van der Waals surface area contributed by atoms with Gasteiger partial charge in [-0.25, -0.2) is 9.18 Å². The Bertz CT molecular complexity index is 619. The standard InChI is InChI=1S/C18H25FN2O4/c1-11(2)9-15(20-12(3)22)17(23)21-16(18(24)25-4)10-13-7-5-6-8-14(13)19/h5-8,11,15-16H,9-10H2,1-4H3,(H,20,22)(H,21,23)/t15-,16-/m0/s1. The summed E-state index contributed by atoms with van der Waals surface area (Å²) in [5, 5.41) is 5.13. The number of rotatable bonds is 8. The number of halogens is 1. The Hall–Kier alpha value is -2.44. The van der Waals surface area contributed by atoms with E-state index in [2.05, 4.69) is 10.6 Å². The van der Waals surface area contributed by atoms with Gasteiger partial charge >= 0.3 is 5.97 Å². The molecular weight excluding hydrogens is 327 g/mol. The summed E-state index contributed by atoms with van der Waals surface area (Å²) in [5.74, 6) is -1.83. The molecule has 6 nitrogen and oxygen atoms in total. The van der Waals surface area contributed by atoms with Crippen molar-refractivity contribution in [3.63, 3.8) is 0 Å². The molecule has 138 valence electrons. The summed E-state index contributed by atoms with van der Waals surface area (Å²) < 4.78 is 18.5. The van der Waals surface area contributed by atoms with Crippen LogP contribution in [0.25, 0.3) is 0 Å². The van der Waals surface area contributed by atoms with Crippen LogP contribution in [0.15, 0.2) is 24.3 Å². The van der Waals surface area contributed by atoms with Crippen LogP contribution in [0.3, 0.4) is 0 Å². The zero-order valence-electron chi connectivity index (χ0n) is 15.0. The number of ether oxygens (including phenoxy) is 1. The van der Waals surface area contributed by atoms with Crippen LogP contribution in [0, 0.1) is 11.7 Å². The van der Waals surface area contributed by atoms with Gasteiger partial charge in [-0.2, -0.15) is 0 Å². The second-order valence-electron chi connectivity index (χ2n) is 6.26. The van der Waals surface area contributed by atoms with Crippen molar-refractivity contribution in [1.29, 1.82) is 0 Å². The van der Waals surface area contributed by atoms with Gasteiger partial charge in [0.2, 0.25) is 11.8 Å². The van der Waals surface area contributed by atoms with Crippen molar-refractivity contribution in [3.05, 3.63) is 35.6 Å². The van der Waals surface area contributed by atoms with Crippen molar-refractivity contribution in [2.75, 3.05) is 7.11 Å². The molecule has 0 fully saturated rings. The van der Waals surface area contributed by atoms with Crippen LogP contribution in [-0.4, -0.2) is 37.0 Å². The Morgan fingerprint density at radius 1 is 1.12 bits per heavy atom.